The zero-order valence-electron chi connectivity index (χ0n) is 13.2. The van der Waals surface area contributed by atoms with Gasteiger partial charge in [-0.15, -0.1) is 0 Å². The number of para-hydroxylation sites is 1. The van der Waals surface area contributed by atoms with E-state index < -0.39 is 0 Å². The molecular weight excluding hydrogens is 355 g/mol. The summed E-state index contributed by atoms with van der Waals surface area (Å²) in [6.07, 6.45) is 0. The molecule has 0 atom stereocenters. The zero-order valence-corrected chi connectivity index (χ0v) is 14.7. The van der Waals surface area contributed by atoms with Gasteiger partial charge in [0.15, 0.2) is 0 Å². The molecule has 0 amide bonds. The molecule has 0 saturated heterocycles. The lowest BCUT2D eigenvalue weighted by Crippen LogP contribution is -2.32. The van der Waals surface area contributed by atoms with Gasteiger partial charge >= 0.3 is 6.02 Å². The number of fused-ring (bicyclic) bond motifs is 1. The number of amidine groups is 1. The molecule has 0 radical (unpaired) electrons. The summed E-state index contributed by atoms with van der Waals surface area (Å²) in [4.78, 5) is 6.66. The zero-order chi connectivity index (χ0) is 17.2. The first kappa shape index (κ1) is 16.0. The van der Waals surface area contributed by atoms with Crippen LogP contribution in [0.4, 0.5) is 17.1 Å². The summed E-state index contributed by atoms with van der Waals surface area (Å²) in [7, 11) is 0. The van der Waals surface area contributed by atoms with Crippen molar-refractivity contribution in [3.8, 4) is 0 Å². The summed E-state index contributed by atoms with van der Waals surface area (Å²) in [6.45, 7) is 0.479. The Morgan fingerprint density at radius 3 is 2.16 bits per heavy atom. The Morgan fingerprint density at radius 1 is 0.800 bits per heavy atom. The first-order valence-electron chi connectivity index (χ1n) is 7.81. The minimum atomic E-state index is 0.479. The van der Waals surface area contributed by atoms with Crippen molar-refractivity contribution in [2.45, 2.75) is 6.61 Å². The molecule has 1 aliphatic heterocycles. The van der Waals surface area contributed by atoms with Crippen molar-refractivity contribution >= 4 is 46.3 Å². The smallest absolute Gasteiger partial charge is 0.302 e. The van der Waals surface area contributed by atoms with E-state index in [2.05, 4.69) is 17.1 Å². The van der Waals surface area contributed by atoms with Crippen LogP contribution in [-0.2, 0) is 11.3 Å². The fourth-order valence-electron chi connectivity index (χ4n) is 2.71. The van der Waals surface area contributed by atoms with Crippen LogP contribution in [0.1, 0.15) is 5.56 Å². The van der Waals surface area contributed by atoms with Crippen LogP contribution in [0, 0.1) is 0 Å². The molecule has 0 aliphatic carbocycles. The van der Waals surface area contributed by atoms with E-state index in [4.69, 9.17) is 27.9 Å². The highest BCUT2D eigenvalue weighted by Crippen LogP contribution is 2.35. The molecule has 3 nitrogen and oxygen atoms in total. The normalized spacial score (nSPS) is 15.0. The van der Waals surface area contributed by atoms with E-state index in [9.17, 15) is 0 Å². The molecule has 1 heterocycles. The van der Waals surface area contributed by atoms with Crippen LogP contribution < -0.4 is 4.90 Å². The SMILES string of the molecule is Clc1ccc(N=C2OCc3ccccc3N2c2ccc(Cl)cc2)cc1. The lowest BCUT2D eigenvalue weighted by atomic mass is 10.1. The molecule has 0 spiro atoms. The Balaban J connectivity index is 1.82. The maximum Gasteiger partial charge on any atom is 0.302 e. The van der Waals surface area contributed by atoms with E-state index in [0.717, 1.165) is 22.6 Å². The fraction of sp³-hybridized carbons (Fsp3) is 0.0500. The Hall–Kier alpha value is -2.49. The van der Waals surface area contributed by atoms with Crippen LogP contribution in [-0.4, -0.2) is 6.02 Å². The topological polar surface area (TPSA) is 24.8 Å². The minimum Gasteiger partial charge on any atom is -0.459 e. The number of anilines is 2. The summed E-state index contributed by atoms with van der Waals surface area (Å²) in [6, 6.07) is 23.6. The summed E-state index contributed by atoms with van der Waals surface area (Å²) in [5.41, 5.74) is 3.86. The van der Waals surface area contributed by atoms with Gasteiger partial charge in [-0.3, -0.25) is 4.90 Å². The molecule has 0 aromatic heterocycles. The number of benzene rings is 3. The van der Waals surface area contributed by atoms with Gasteiger partial charge in [0.05, 0.1) is 17.1 Å². The molecule has 0 N–H and O–H groups in total. The highest BCUT2D eigenvalue weighted by atomic mass is 35.5. The van der Waals surface area contributed by atoms with Crippen molar-refractivity contribution in [3.63, 3.8) is 0 Å². The van der Waals surface area contributed by atoms with Gasteiger partial charge in [0.1, 0.15) is 6.61 Å². The number of halogens is 2. The van der Waals surface area contributed by atoms with Crippen LogP contribution in [0.5, 0.6) is 0 Å². The molecular formula is C20H14Cl2N2O. The second-order valence-electron chi connectivity index (χ2n) is 5.60. The molecule has 124 valence electrons. The summed E-state index contributed by atoms with van der Waals surface area (Å²) in [5.74, 6) is 0. The van der Waals surface area contributed by atoms with Crippen molar-refractivity contribution in [1.82, 2.24) is 0 Å². The first-order valence-corrected chi connectivity index (χ1v) is 8.57. The van der Waals surface area contributed by atoms with Crippen molar-refractivity contribution in [2.75, 3.05) is 4.90 Å². The van der Waals surface area contributed by atoms with Gasteiger partial charge < -0.3 is 4.74 Å². The van der Waals surface area contributed by atoms with Crippen LogP contribution in [0.15, 0.2) is 77.8 Å². The average molecular weight is 369 g/mol. The van der Waals surface area contributed by atoms with Crippen LogP contribution in [0.2, 0.25) is 10.0 Å². The molecule has 5 heteroatoms. The van der Waals surface area contributed by atoms with Gasteiger partial charge in [-0.1, -0.05) is 41.4 Å². The van der Waals surface area contributed by atoms with Crippen molar-refractivity contribution in [3.05, 3.63) is 88.4 Å². The van der Waals surface area contributed by atoms with Gasteiger partial charge in [0, 0.05) is 15.6 Å². The fourth-order valence-corrected chi connectivity index (χ4v) is 2.96. The molecule has 25 heavy (non-hydrogen) atoms. The van der Waals surface area contributed by atoms with Crippen LogP contribution >= 0.6 is 23.2 Å². The first-order chi connectivity index (χ1) is 12.2. The molecule has 1 aliphatic rings. The minimum absolute atomic E-state index is 0.479. The maximum atomic E-state index is 6.04. The van der Waals surface area contributed by atoms with Crippen molar-refractivity contribution in [1.29, 1.82) is 0 Å². The predicted octanol–water partition coefficient (Wildman–Crippen LogP) is 6.35. The number of nitrogens with zero attached hydrogens (tertiary/aromatic N) is 2. The van der Waals surface area contributed by atoms with Crippen molar-refractivity contribution in [2.24, 2.45) is 4.99 Å². The van der Waals surface area contributed by atoms with E-state index in [1.165, 1.54) is 0 Å². The monoisotopic (exact) mass is 368 g/mol. The van der Waals surface area contributed by atoms with Crippen LogP contribution in [0.3, 0.4) is 0 Å². The van der Waals surface area contributed by atoms with Gasteiger partial charge in [0.25, 0.3) is 0 Å². The van der Waals surface area contributed by atoms with Gasteiger partial charge in [-0.05, 0) is 54.6 Å². The molecule has 0 unspecified atom stereocenters. The van der Waals surface area contributed by atoms with Gasteiger partial charge in [-0.25, -0.2) is 0 Å². The summed E-state index contributed by atoms with van der Waals surface area (Å²) >= 11 is 12.0. The predicted molar refractivity (Wildman–Crippen MR) is 103 cm³/mol. The van der Waals surface area contributed by atoms with E-state index in [1.54, 1.807) is 0 Å². The quantitative estimate of drug-likeness (QED) is 0.526. The highest BCUT2D eigenvalue weighted by Gasteiger charge is 2.25. The average Bonchev–Trinajstić information content (AvgIpc) is 2.64. The molecule has 0 bridgehead atoms. The summed E-state index contributed by atoms with van der Waals surface area (Å²) in [5, 5.41) is 1.36. The van der Waals surface area contributed by atoms with Crippen molar-refractivity contribution < 1.29 is 4.74 Å². The lowest BCUT2D eigenvalue weighted by Gasteiger charge is -2.32. The highest BCUT2D eigenvalue weighted by molar-refractivity contribution is 6.31. The third kappa shape index (κ3) is 3.34. The molecule has 0 fully saturated rings. The standard InChI is InChI=1S/C20H14Cl2N2O/c21-15-5-9-17(10-6-15)23-20-24(18-11-7-16(22)8-12-18)19-4-2-1-3-14(19)13-25-20/h1-12H,13H2. The van der Waals surface area contributed by atoms with E-state index in [1.807, 2.05) is 65.6 Å². The van der Waals surface area contributed by atoms with Gasteiger partial charge in [0.2, 0.25) is 0 Å². The lowest BCUT2D eigenvalue weighted by molar-refractivity contribution is 0.279. The number of rotatable bonds is 2. The number of aliphatic imine (C=N–C) groups is 1. The van der Waals surface area contributed by atoms with Crippen LogP contribution in [0.25, 0.3) is 0 Å². The largest absolute Gasteiger partial charge is 0.459 e. The number of hydrogen-bond donors (Lipinski definition) is 0. The third-order valence-corrected chi connectivity index (χ3v) is 4.42. The van der Waals surface area contributed by atoms with E-state index in [-0.39, 0.29) is 0 Å². The van der Waals surface area contributed by atoms with E-state index in [0.29, 0.717) is 22.7 Å². The van der Waals surface area contributed by atoms with E-state index >= 15 is 0 Å². The Morgan fingerprint density at radius 2 is 1.44 bits per heavy atom. The second kappa shape index (κ2) is 6.79. The molecule has 3 aromatic carbocycles. The summed E-state index contributed by atoms with van der Waals surface area (Å²) < 4.78 is 5.95. The Bertz CT molecular complexity index is 921. The molecule has 4 rings (SSSR count). The Labute approximate surface area is 156 Å². The van der Waals surface area contributed by atoms with Gasteiger partial charge in [-0.2, -0.15) is 4.99 Å². The number of hydrogen-bond acceptors (Lipinski definition) is 2. The maximum absolute atomic E-state index is 6.04. The molecule has 0 saturated carbocycles. The third-order valence-electron chi connectivity index (χ3n) is 3.92. The Kier molecular flexibility index (Phi) is 4.35. The second-order valence-corrected chi connectivity index (χ2v) is 6.47. The molecule has 3 aromatic rings. The number of ether oxygens (including phenoxy) is 1.